The van der Waals surface area contributed by atoms with E-state index in [1.54, 1.807) is 11.1 Å². The van der Waals surface area contributed by atoms with Crippen LogP contribution in [-0.2, 0) is 6.42 Å². The van der Waals surface area contributed by atoms with Crippen LogP contribution in [0.15, 0.2) is 23.8 Å². The van der Waals surface area contributed by atoms with Gasteiger partial charge in [0.2, 0.25) is 0 Å². The normalized spacial score (nSPS) is 20.2. The number of anilines is 1. The van der Waals surface area contributed by atoms with Crippen LogP contribution in [0, 0.1) is 0 Å². The first-order chi connectivity index (χ1) is 8.34. The first-order valence-corrected chi connectivity index (χ1v) is 6.94. The topological polar surface area (TPSA) is 26.0 Å². The van der Waals surface area contributed by atoms with E-state index in [2.05, 4.69) is 18.2 Å². The van der Waals surface area contributed by atoms with Gasteiger partial charge in [-0.1, -0.05) is 24.5 Å². The molecule has 0 bridgehead atoms. The summed E-state index contributed by atoms with van der Waals surface area (Å²) in [5.74, 6) is 0. The molecule has 17 heavy (non-hydrogen) atoms. The summed E-state index contributed by atoms with van der Waals surface area (Å²) in [5, 5.41) is 0. The Hall–Kier alpha value is -1.24. The minimum atomic E-state index is 0.913. The zero-order chi connectivity index (χ0) is 11.7. The van der Waals surface area contributed by atoms with Crippen molar-refractivity contribution in [2.24, 2.45) is 0 Å². The van der Waals surface area contributed by atoms with E-state index in [1.807, 2.05) is 0 Å². The number of aryl methyl sites for hydroxylation is 1. The van der Waals surface area contributed by atoms with Gasteiger partial charge in [0.15, 0.2) is 0 Å². The first-order valence-electron chi connectivity index (χ1n) is 6.94. The number of nitrogens with two attached hydrogens (primary N) is 1. The van der Waals surface area contributed by atoms with E-state index < -0.39 is 0 Å². The molecule has 1 aromatic carbocycles. The molecule has 1 nitrogen and oxygen atoms in total. The van der Waals surface area contributed by atoms with Gasteiger partial charge in [-0.25, -0.2) is 0 Å². The molecule has 0 radical (unpaired) electrons. The van der Waals surface area contributed by atoms with E-state index in [0.717, 1.165) is 5.69 Å². The van der Waals surface area contributed by atoms with E-state index in [1.165, 1.54) is 62.5 Å². The van der Waals surface area contributed by atoms with Crippen LogP contribution in [0.2, 0.25) is 0 Å². The first kappa shape index (κ1) is 10.9. The Labute approximate surface area is 104 Å². The molecule has 90 valence electrons. The Morgan fingerprint density at radius 1 is 0.824 bits per heavy atom. The monoisotopic (exact) mass is 227 g/mol. The number of rotatable bonds is 0. The Morgan fingerprint density at radius 3 is 2.35 bits per heavy atom. The van der Waals surface area contributed by atoms with Crippen LogP contribution in [0.25, 0.3) is 5.57 Å². The summed E-state index contributed by atoms with van der Waals surface area (Å²) in [5.41, 5.74) is 13.1. The number of nitrogen functional groups attached to an aromatic ring is 1. The minimum absolute atomic E-state index is 0.913. The molecular weight excluding hydrogens is 206 g/mol. The maximum Gasteiger partial charge on any atom is 0.0317 e. The maximum absolute atomic E-state index is 5.86. The third-order valence-corrected chi connectivity index (χ3v) is 4.23. The third-order valence-electron chi connectivity index (χ3n) is 4.23. The lowest BCUT2D eigenvalue weighted by molar-refractivity contribution is 0.702. The zero-order valence-corrected chi connectivity index (χ0v) is 10.5. The van der Waals surface area contributed by atoms with Crippen molar-refractivity contribution in [2.45, 2.75) is 51.4 Å². The van der Waals surface area contributed by atoms with Gasteiger partial charge in [-0.05, 0) is 67.4 Å². The van der Waals surface area contributed by atoms with Crippen molar-refractivity contribution in [3.8, 4) is 0 Å². The van der Waals surface area contributed by atoms with Crippen molar-refractivity contribution in [1.82, 2.24) is 0 Å². The molecule has 0 atom stereocenters. The SMILES string of the molecule is Nc1ccc2c(c1)CCC2=C1CCCCCC1. The van der Waals surface area contributed by atoms with Crippen molar-refractivity contribution >= 4 is 11.3 Å². The molecule has 0 spiro atoms. The molecule has 0 aliphatic heterocycles. The average Bonchev–Trinajstić information content (AvgIpc) is 2.57. The number of fused-ring (bicyclic) bond motifs is 1. The molecule has 2 aliphatic rings. The summed E-state index contributed by atoms with van der Waals surface area (Å²) in [6.07, 6.45) is 10.7. The van der Waals surface area contributed by atoms with Gasteiger partial charge in [-0.15, -0.1) is 0 Å². The van der Waals surface area contributed by atoms with E-state index in [9.17, 15) is 0 Å². The zero-order valence-electron chi connectivity index (χ0n) is 10.5. The van der Waals surface area contributed by atoms with E-state index in [4.69, 9.17) is 5.73 Å². The molecule has 0 amide bonds. The lowest BCUT2D eigenvalue weighted by atomic mass is 9.96. The van der Waals surface area contributed by atoms with Gasteiger partial charge >= 0.3 is 0 Å². The fourth-order valence-electron chi connectivity index (χ4n) is 3.33. The van der Waals surface area contributed by atoms with Crippen molar-refractivity contribution in [3.05, 3.63) is 34.9 Å². The second-order valence-corrected chi connectivity index (χ2v) is 5.41. The van der Waals surface area contributed by atoms with Gasteiger partial charge in [0.25, 0.3) is 0 Å². The highest BCUT2D eigenvalue weighted by Gasteiger charge is 2.20. The summed E-state index contributed by atoms with van der Waals surface area (Å²) in [6.45, 7) is 0. The smallest absolute Gasteiger partial charge is 0.0317 e. The third kappa shape index (κ3) is 2.11. The summed E-state index contributed by atoms with van der Waals surface area (Å²) in [6, 6.07) is 6.46. The molecule has 2 N–H and O–H groups in total. The predicted molar refractivity (Wildman–Crippen MR) is 73.8 cm³/mol. The van der Waals surface area contributed by atoms with Crippen LogP contribution in [-0.4, -0.2) is 0 Å². The molecule has 1 fully saturated rings. The van der Waals surface area contributed by atoms with Gasteiger partial charge in [0, 0.05) is 5.69 Å². The minimum Gasteiger partial charge on any atom is -0.399 e. The summed E-state index contributed by atoms with van der Waals surface area (Å²) < 4.78 is 0. The van der Waals surface area contributed by atoms with Gasteiger partial charge in [0.05, 0.1) is 0 Å². The molecule has 3 rings (SSSR count). The molecule has 2 aliphatic carbocycles. The number of benzene rings is 1. The Kier molecular flexibility index (Phi) is 2.92. The highest BCUT2D eigenvalue weighted by Crippen LogP contribution is 2.39. The standard InChI is InChI=1S/C16H21N/c17-14-8-10-16-13(11-14)7-9-15(16)12-5-3-1-2-4-6-12/h8,10-11H,1-7,9,17H2. The number of allylic oxidation sites excluding steroid dienone is 2. The second kappa shape index (κ2) is 4.56. The molecule has 1 aromatic rings. The number of hydrogen-bond acceptors (Lipinski definition) is 1. The van der Waals surface area contributed by atoms with Gasteiger partial charge in [0.1, 0.15) is 0 Å². The van der Waals surface area contributed by atoms with Gasteiger partial charge < -0.3 is 5.73 Å². The molecule has 0 unspecified atom stereocenters. The van der Waals surface area contributed by atoms with Gasteiger partial charge in [-0.3, -0.25) is 0 Å². The number of hydrogen-bond donors (Lipinski definition) is 1. The van der Waals surface area contributed by atoms with Crippen LogP contribution in [0.4, 0.5) is 5.69 Å². The van der Waals surface area contributed by atoms with Crippen LogP contribution in [0.5, 0.6) is 0 Å². The Balaban J connectivity index is 1.98. The van der Waals surface area contributed by atoms with Crippen LogP contribution in [0.3, 0.4) is 0 Å². The van der Waals surface area contributed by atoms with Crippen LogP contribution in [0.1, 0.15) is 56.1 Å². The van der Waals surface area contributed by atoms with Crippen molar-refractivity contribution in [2.75, 3.05) is 5.73 Å². The highest BCUT2D eigenvalue weighted by atomic mass is 14.5. The average molecular weight is 227 g/mol. The Bertz CT molecular complexity index is 447. The lowest BCUT2D eigenvalue weighted by Crippen LogP contribution is -1.90. The van der Waals surface area contributed by atoms with Crippen molar-refractivity contribution in [1.29, 1.82) is 0 Å². The summed E-state index contributed by atoms with van der Waals surface area (Å²) in [7, 11) is 0. The molecule has 0 saturated heterocycles. The molecular formula is C16H21N. The molecule has 0 aromatic heterocycles. The lowest BCUT2D eigenvalue weighted by Gasteiger charge is -2.10. The Morgan fingerprint density at radius 2 is 1.59 bits per heavy atom. The molecule has 1 heteroatoms. The molecule has 0 heterocycles. The summed E-state index contributed by atoms with van der Waals surface area (Å²) >= 11 is 0. The summed E-state index contributed by atoms with van der Waals surface area (Å²) in [4.78, 5) is 0. The van der Waals surface area contributed by atoms with Crippen LogP contribution < -0.4 is 5.73 Å². The maximum atomic E-state index is 5.86. The van der Waals surface area contributed by atoms with Crippen molar-refractivity contribution < 1.29 is 0 Å². The van der Waals surface area contributed by atoms with Gasteiger partial charge in [-0.2, -0.15) is 0 Å². The quantitative estimate of drug-likeness (QED) is 0.518. The molecule has 1 saturated carbocycles. The predicted octanol–water partition coefficient (Wildman–Crippen LogP) is 4.32. The van der Waals surface area contributed by atoms with E-state index in [0.29, 0.717) is 0 Å². The van der Waals surface area contributed by atoms with E-state index >= 15 is 0 Å². The van der Waals surface area contributed by atoms with Crippen LogP contribution >= 0.6 is 0 Å². The van der Waals surface area contributed by atoms with Crippen molar-refractivity contribution in [3.63, 3.8) is 0 Å². The fourth-order valence-corrected chi connectivity index (χ4v) is 3.33. The van der Waals surface area contributed by atoms with E-state index in [-0.39, 0.29) is 0 Å². The highest BCUT2D eigenvalue weighted by molar-refractivity contribution is 5.76. The fraction of sp³-hybridized carbons (Fsp3) is 0.500. The largest absolute Gasteiger partial charge is 0.399 e. The second-order valence-electron chi connectivity index (χ2n) is 5.41.